The van der Waals surface area contributed by atoms with Crippen molar-refractivity contribution in [2.75, 3.05) is 36.0 Å². The molecule has 5 heterocycles. The quantitative estimate of drug-likeness (QED) is 0.234. The summed E-state index contributed by atoms with van der Waals surface area (Å²) < 4.78 is 0. The Morgan fingerprint density at radius 1 is 0.821 bits per heavy atom. The van der Waals surface area contributed by atoms with E-state index in [4.69, 9.17) is 18.2 Å². The summed E-state index contributed by atoms with van der Waals surface area (Å²) in [6.45, 7) is 12.5. The van der Waals surface area contributed by atoms with E-state index >= 15 is 0 Å². The molecule has 12 nitrogen and oxygen atoms in total. The first-order valence-corrected chi connectivity index (χ1v) is 20.2. The molecule has 1 aliphatic carbocycles. The van der Waals surface area contributed by atoms with Gasteiger partial charge in [0.25, 0.3) is 17.7 Å². The zero-order valence-electron chi connectivity index (χ0n) is 31.2. The van der Waals surface area contributed by atoms with Crippen molar-refractivity contribution in [2.45, 2.75) is 89.0 Å². The average Bonchev–Trinajstić information content (AvgIpc) is 3.87. The molecule has 0 spiro atoms. The summed E-state index contributed by atoms with van der Waals surface area (Å²) in [5.41, 5.74) is 7.45. The van der Waals surface area contributed by atoms with Gasteiger partial charge in [-0.3, -0.25) is 39.1 Å². The number of anilines is 2. The van der Waals surface area contributed by atoms with Crippen molar-refractivity contribution in [3.63, 3.8) is 0 Å². The summed E-state index contributed by atoms with van der Waals surface area (Å²) >= 11 is 6.37. The van der Waals surface area contributed by atoms with E-state index in [2.05, 4.69) is 42.3 Å². The lowest BCUT2D eigenvalue weighted by atomic mass is 9.90. The molecular formula is C43H44ClN7O5. The Morgan fingerprint density at radius 3 is 2.14 bits per heavy atom. The van der Waals surface area contributed by atoms with Gasteiger partial charge in [-0.2, -0.15) is 0 Å². The van der Waals surface area contributed by atoms with E-state index in [1.165, 1.54) is 5.56 Å². The van der Waals surface area contributed by atoms with Gasteiger partial charge in [0, 0.05) is 79.7 Å². The lowest BCUT2D eigenvalue weighted by molar-refractivity contribution is -0.136. The fraction of sp³-hybridized carbons (Fsp3) is 0.442. The summed E-state index contributed by atoms with van der Waals surface area (Å²) in [5, 5.41) is 6.05. The SMILES string of the molecule is [C-]#[N+]c1cc2c(cc1Cl)N(C1CCC(NC(=O)c3ccc(N4CCC(CN5Cc6cc7c(cc6C5)C(=O)N(C5CCC(=O)NC5=O)C7=O)CC4)cc3)CC1)CC2. The molecule has 5 amide bonds. The number of benzene rings is 3. The van der Waals surface area contributed by atoms with E-state index in [0.29, 0.717) is 52.4 Å². The molecule has 9 rings (SSSR count). The van der Waals surface area contributed by atoms with Crippen LogP contribution in [0.15, 0.2) is 48.5 Å². The van der Waals surface area contributed by atoms with E-state index in [9.17, 15) is 24.0 Å². The number of carbonyl (C=O) groups is 5. The van der Waals surface area contributed by atoms with Gasteiger partial charge in [-0.05, 0) is 123 Å². The van der Waals surface area contributed by atoms with Crippen LogP contribution in [-0.4, -0.2) is 83.6 Å². The van der Waals surface area contributed by atoms with Crippen LogP contribution in [0.1, 0.15) is 99.1 Å². The van der Waals surface area contributed by atoms with Gasteiger partial charge in [0.1, 0.15) is 6.04 Å². The van der Waals surface area contributed by atoms with Crippen LogP contribution < -0.4 is 20.4 Å². The maximum atomic E-state index is 13.3. The monoisotopic (exact) mass is 773 g/mol. The first-order chi connectivity index (χ1) is 27.1. The van der Waals surface area contributed by atoms with Crippen LogP contribution in [0.2, 0.25) is 5.02 Å². The van der Waals surface area contributed by atoms with Crippen LogP contribution in [0.3, 0.4) is 0 Å². The van der Waals surface area contributed by atoms with Gasteiger partial charge in [-0.25, -0.2) is 4.85 Å². The summed E-state index contributed by atoms with van der Waals surface area (Å²) in [5.74, 6) is -1.41. The lowest BCUT2D eigenvalue weighted by Crippen LogP contribution is -2.54. The van der Waals surface area contributed by atoms with E-state index < -0.39 is 23.8 Å². The highest BCUT2D eigenvalue weighted by Crippen LogP contribution is 2.40. The van der Waals surface area contributed by atoms with Crippen molar-refractivity contribution in [2.24, 2.45) is 5.92 Å². The Hall–Kier alpha value is -5.25. The number of amides is 5. The molecule has 0 aromatic heterocycles. The Morgan fingerprint density at radius 2 is 1.50 bits per heavy atom. The second-order valence-corrected chi connectivity index (χ2v) is 16.6. The molecular weight excluding hydrogens is 730 g/mol. The van der Waals surface area contributed by atoms with Crippen molar-refractivity contribution < 1.29 is 24.0 Å². The number of nitrogens with one attached hydrogen (secondary N) is 2. The van der Waals surface area contributed by atoms with E-state index in [1.807, 2.05) is 36.4 Å². The molecule has 2 N–H and O–H groups in total. The standard InChI is InChI=1S/C43H44ClN7O5/c1-45-36-20-27-14-17-50(38(27)21-35(36)44)32-8-4-30(5-9-32)46-40(53)26-2-6-31(7-3-26)49-15-12-25(13-16-49)22-48-23-28-18-33-34(19-29(28)24-48)43(56)51(42(33)55)37-10-11-39(52)47-41(37)54/h2-3,6-7,18-21,25,30,32,37H,4-5,8-17,22-24H2,(H,46,53)(H,47,52,54). The van der Waals surface area contributed by atoms with E-state index in [-0.39, 0.29) is 30.7 Å². The van der Waals surface area contributed by atoms with Gasteiger partial charge in [0.15, 0.2) is 0 Å². The third-order valence-corrected chi connectivity index (χ3v) is 13.1. The zero-order chi connectivity index (χ0) is 38.7. The number of carbonyl (C=O) groups excluding carboxylic acids is 5. The van der Waals surface area contributed by atoms with Crippen LogP contribution in [-0.2, 0) is 29.1 Å². The van der Waals surface area contributed by atoms with Crippen LogP contribution >= 0.6 is 11.6 Å². The molecule has 13 heteroatoms. The fourth-order valence-corrected chi connectivity index (χ4v) is 10.0. The van der Waals surface area contributed by atoms with Crippen molar-refractivity contribution >= 4 is 58.2 Å². The number of halogens is 1. The first-order valence-electron chi connectivity index (χ1n) is 19.9. The predicted octanol–water partition coefficient (Wildman–Crippen LogP) is 5.63. The molecule has 1 saturated carbocycles. The Balaban J connectivity index is 0.729. The second kappa shape index (κ2) is 14.7. The number of nitrogens with zero attached hydrogens (tertiary/aromatic N) is 5. The minimum absolute atomic E-state index is 0.0270. The summed E-state index contributed by atoms with van der Waals surface area (Å²) in [6, 6.07) is 15.1. The molecule has 1 atom stereocenters. The highest BCUT2D eigenvalue weighted by atomic mass is 35.5. The Kier molecular flexibility index (Phi) is 9.54. The van der Waals surface area contributed by atoms with Crippen LogP contribution in [0.25, 0.3) is 4.85 Å². The first kappa shape index (κ1) is 36.4. The molecule has 3 aromatic rings. The third kappa shape index (κ3) is 6.71. The largest absolute Gasteiger partial charge is 0.372 e. The molecule has 56 heavy (non-hydrogen) atoms. The number of imide groups is 2. The minimum Gasteiger partial charge on any atom is -0.372 e. The minimum atomic E-state index is -0.958. The predicted molar refractivity (Wildman–Crippen MR) is 211 cm³/mol. The molecule has 1 unspecified atom stereocenters. The molecule has 6 aliphatic rings. The highest BCUT2D eigenvalue weighted by molar-refractivity contribution is 6.33. The zero-order valence-corrected chi connectivity index (χ0v) is 31.9. The van der Waals surface area contributed by atoms with Gasteiger partial charge < -0.3 is 15.1 Å². The molecule has 0 bridgehead atoms. The molecule has 3 fully saturated rings. The van der Waals surface area contributed by atoms with Gasteiger partial charge in [0.05, 0.1) is 17.7 Å². The van der Waals surface area contributed by atoms with E-state index in [1.54, 1.807) is 0 Å². The number of piperidine rings is 2. The summed E-state index contributed by atoms with van der Waals surface area (Å²) in [7, 11) is 0. The van der Waals surface area contributed by atoms with Gasteiger partial charge in [0.2, 0.25) is 17.5 Å². The van der Waals surface area contributed by atoms with Crippen LogP contribution in [0, 0.1) is 12.5 Å². The molecule has 2 saturated heterocycles. The smallest absolute Gasteiger partial charge is 0.262 e. The summed E-state index contributed by atoms with van der Waals surface area (Å²) in [4.78, 5) is 75.7. The fourth-order valence-electron chi connectivity index (χ4n) is 9.82. The van der Waals surface area contributed by atoms with Crippen LogP contribution in [0.4, 0.5) is 17.1 Å². The van der Waals surface area contributed by atoms with Gasteiger partial charge >= 0.3 is 0 Å². The molecule has 0 radical (unpaired) electrons. The van der Waals surface area contributed by atoms with Crippen molar-refractivity contribution in [3.05, 3.63) is 98.4 Å². The Labute approximate surface area is 330 Å². The number of rotatable bonds is 7. The molecule has 288 valence electrons. The number of hydrogen-bond donors (Lipinski definition) is 2. The van der Waals surface area contributed by atoms with Gasteiger partial charge in [-0.15, -0.1) is 0 Å². The van der Waals surface area contributed by atoms with Crippen molar-refractivity contribution in [3.8, 4) is 0 Å². The Bertz CT molecular complexity index is 2140. The van der Waals surface area contributed by atoms with Crippen LogP contribution in [0.5, 0.6) is 0 Å². The number of fused-ring (bicyclic) bond motifs is 3. The normalized spacial score (nSPS) is 23.9. The second-order valence-electron chi connectivity index (χ2n) is 16.2. The van der Waals surface area contributed by atoms with Gasteiger partial charge in [-0.1, -0.05) is 11.6 Å². The summed E-state index contributed by atoms with van der Waals surface area (Å²) in [6.07, 6.45) is 7.14. The maximum absolute atomic E-state index is 13.3. The molecule has 3 aromatic carbocycles. The third-order valence-electron chi connectivity index (χ3n) is 12.8. The number of hydrogen-bond acceptors (Lipinski definition) is 8. The average molecular weight is 774 g/mol. The maximum Gasteiger partial charge on any atom is 0.262 e. The van der Waals surface area contributed by atoms with Crippen molar-refractivity contribution in [1.29, 1.82) is 0 Å². The lowest BCUT2D eigenvalue weighted by Gasteiger charge is -2.36. The highest BCUT2D eigenvalue weighted by Gasteiger charge is 2.45. The van der Waals surface area contributed by atoms with E-state index in [0.717, 1.165) is 98.5 Å². The van der Waals surface area contributed by atoms with Crippen molar-refractivity contribution in [1.82, 2.24) is 20.4 Å². The topological polar surface area (TPSA) is 127 Å². The molecule has 5 aliphatic heterocycles.